The summed E-state index contributed by atoms with van der Waals surface area (Å²) < 4.78 is 37.1. The molecule has 236 valence electrons. The van der Waals surface area contributed by atoms with Gasteiger partial charge in [-0.25, -0.2) is 4.79 Å². The maximum absolute atomic E-state index is 13.4. The average molecular weight is 599 g/mol. The number of ether oxygens (including phenoxy) is 5. The van der Waals surface area contributed by atoms with Gasteiger partial charge >= 0.3 is 11.9 Å². The van der Waals surface area contributed by atoms with Crippen molar-refractivity contribution in [1.82, 2.24) is 0 Å². The highest BCUT2D eigenvalue weighted by Crippen LogP contribution is 2.72. The Morgan fingerprint density at radius 1 is 1.09 bits per heavy atom. The molecular weight excluding hydrogens is 552 g/mol. The summed E-state index contributed by atoms with van der Waals surface area (Å²) in [5.41, 5.74) is 1.75. The molecule has 2 aliphatic heterocycles. The molecule has 0 spiro atoms. The summed E-state index contributed by atoms with van der Waals surface area (Å²) in [4.78, 5) is 25.7. The summed E-state index contributed by atoms with van der Waals surface area (Å²) in [6.45, 7) is 13.8. The summed E-state index contributed by atoms with van der Waals surface area (Å²) in [5, 5.41) is 12.5. The molecule has 0 amide bonds. The smallest absolute Gasteiger partial charge is 0.333 e. The molecule has 0 bridgehead atoms. The van der Waals surface area contributed by atoms with Gasteiger partial charge in [0.25, 0.3) is 0 Å². The van der Waals surface area contributed by atoms with Crippen LogP contribution in [0.4, 0.5) is 0 Å². The Hall–Kier alpha value is -2.46. The molecule has 4 fully saturated rings. The van der Waals surface area contributed by atoms with Gasteiger partial charge in [-0.15, -0.1) is 0 Å². The number of carbonyl (C=O) groups is 2. The second-order valence-corrected chi connectivity index (χ2v) is 14.1. The summed E-state index contributed by atoms with van der Waals surface area (Å²) in [6, 6.07) is 1.99. The van der Waals surface area contributed by atoms with Gasteiger partial charge in [0.1, 0.15) is 12.2 Å². The number of carbonyl (C=O) groups excluding carboxylic acids is 2. The lowest BCUT2D eigenvalue weighted by molar-refractivity contribution is -0.259. The maximum Gasteiger partial charge on any atom is 0.333 e. The predicted molar refractivity (Wildman–Crippen MR) is 156 cm³/mol. The highest BCUT2D eigenvalue weighted by atomic mass is 16.7. The molecule has 0 radical (unpaired) electrons. The number of methoxy groups -OCH3 is 1. The molecular formula is C34H46O9. The van der Waals surface area contributed by atoms with Gasteiger partial charge in [-0.3, -0.25) is 4.79 Å². The third kappa shape index (κ3) is 4.25. The standard InChI is InChI=1S/C34H46O9/c1-9-17(2)31(37)43-25-14-24(41-19(4)35)32(5)16-40-28-29(32)33(25,6)23-13-26(38-8)42-22-12-21(20-10-11-39-15-20)18(3)27(22)34(23,7)30(28)36/h9-11,15,21-26,28-30,36H,12-14,16H2,1-8H3/b17-9+/t21-,22+,23-,24-,25+,26+,28-,29+,30-,32-,33+,34-/m1/s1. The lowest BCUT2D eigenvalue weighted by Crippen LogP contribution is -2.71. The number of hydrogen-bond donors (Lipinski definition) is 1. The first kappa shape index (κ1) is 30.6. The molecule has 9 heteroatoms. The number of allylic oxidation sites excluding steroid dienone is 2. The van der Waals surface area contributed by atoms with Gasteiger partial charge in [-0.05, 0) is 50.3 Å². The Labute approximate surface area is 253 Å². The van der Waals surface area contributed by atoms with Crippen molar-refractivity contribution in [3.8, 4) is 0 Å². The zero-order chi connectivity index (χ0) is 31.1. The molecule has 2 saturated carbocycles. The molecule has 1 aromatic heterocycles. The van der Waals surface area contributed by atoms with Crippen LogP contribution < -0.4 is 0 Å². The van der Waals surface area contributed by atoms with Gasteiger partial charge in [0.15, 0.2) is 6.29 Å². The Morgan fingerprint density at radius 3 is 2.47 bits per heavy atom. The number of furan rings is 1. The van der Waals surface area contributed by atoms with Crippen LogP contribution in [0.1, 0.15) is 79.2 Å². The molecule has 12 atom stereocenters. The van der Waals surface area contributed by atoms with Crippen LogP contribution in [-0.4, -0.2) is 67.6 Å². The van der Waals surface area contributed by atoms with Crippen LogP contribution in [-0.2, 0) is 33.3 Å². The van der Waals surface area contributed by atoms with Crippen molar-refractivity contribution in [3.63, 3.8) is 0 Å². The summed E-state index contributed by atoms with van der Waals surface area (Å²) in [7, 11) is 1.66. The Kier molecular flexibility index (Phi) is 7.51. The largest absolute Gasteiger partial charge is 0.472 e. The van der Waals surface area contributed by atoms with Crippen LogP contribution >= 0.6 is 0 Å². The monoisotopic (exact) mass is 598 g/mol. The van der Waals surface area contributed by atoms with Crippen LogP contribution in [0.15, 0.2) is 45.8 Å². The van der Waals surface area contributed by atoms with Crippen molar-refractivity contribution < 1.29 is 42.8 Å². The Bertz CT molecular complexity index is 1330. The van der Waals surface area contributed by atoms with Crippen molar-refractivity contribution in [2.24, 2.45) is 28.1 Å². The Morgan fingerprint density at radius 2 is 1.84 bits per heavy atom. The third-order valence-electron chi connectivity index (χ3n) is 12.1. The number of hydrogen-bond acceptors (Lipinski definition) is 9. The molecule has 43 heavy (non-hydrogen) atoms. The SMILES string of the molecule is C/C=C(\C)C(=O)O[C@H]1C[C@@H](OC(C)=O)[C@@]2(C)CO[C@H]3[C@@H](O)[C@@]4(C)C5=C(C)[C@H](c6ccoc6)C[C@@H]5O[C@H](OC)C[C@@H]4[C@]1(C)[C@@H]32. The third-order valence-corrected chi connectivity index (χ3v) is 12.1. The van der Waals surface area contributed by atoms with Gasteiger partial charge in [-0.2, -0.15) is 0 Å². The fraction of sp³-hybridized carbons (Fsp3) is 0.706. The first-order valence-electron chi connectivity index (χ1n) is 15.5. The van der Waals surface area contributed by atoms with E-state index in [1.807, 2.05) is 13.0 Å². The molecule has 0 unspecified atom stereocenters. The normalized spacial score (nSPS) is 45.6. The second-order valence-electron chi connectivity index (χ2n) is 14.1. The molecule has 6 rings (SSSR count). The Balaban J connectivity index is 1.55. The lowest BCUT2D eigenvalue weighted by atomic mass is 9.39. The van der Waals surface area contributed by atoms with Gasteiger partial charge in [0, 0.05) is 60.5 Å². The number of aliphatic hydroxyl groups is 1. The van der Waals surface area contributed by atoms with Crippen molar-refractivity contribution >= 4 is 11.9 Å². The maximum atomic E-state index is 13.4. The number of rotatable bonds is 5. The highest BCUT2D eigenvalue weighted by Gasteiger charge is 2.76. The molecule has 2 saturated heterocycles. The van der Waals surface area contributed by atoms with Crippen LogP contribution in [0, 0.1) is 28.1 Å². The van der Waals surface area contributed by atoms with Crippen LogP contribution in [0.5, 0.6) is 0 Å². The fourth-order valence-electron chi connectivity index (χ4n) is 10.1. The van der Waals surface area contributed by atoms with Gasteiger partial charge in [0.2, 0.25) is 0 Å². The molecule has 3 aliphatic carbocycles. The van der Waals surface area contributed by atoms with E-state index >= 15 is 0 Å². The number of fused-ring (bicyclic) bond motifs is 4. The van der Waals surface area contributed by atoms with E-state index in [1.165, 1.54) is 6.92 Å². The first-order valence-corrected chi connectivity index (χ1v) is 15.5. The number of esters is 2. The second kappa shape index (κ2) is 10.6. The van der Waals surface area contributed by atoms with E-state index in [0.29, 0.717) is 31.4 Å². The van der Waals surface area contributed by atoms with Gasteiger partial charge in [0.05, 0.1) is 37.4 Å². The zero-order valence-electron chi connectivity index (χ0n) is 26.5. The van der Waals surface area contributed by atoms with E-state index in [0.717, 1.165) is 16.7 Å². The van der Waals surface area contributed by atoms with Crippen LogP contribution in [0.2, 0.25) is 0 Å². The molecule has 0 aromatic carbocycles. The molecule has 9 nitrogen and oxygen atoms in total. The highest BCUT2D eigenvalue weighted by molar-refractivity contribution is 5.87. The molecule has 3 heterocycles. The molecule has 1 aromatic rings. The summed E-state index contributed by atoms with van der Waals surface area (Å²) in [5.74, 6) is -1.20. The van der Waals surface area contributed by atoms with E-state index in [4.69, 9.17) is 28.1 Å². The van der Waals surface area contributed by atoms with Crippen LogP contribution in [0.3, 0.4) is 0 Å². The zero-order valence-corrected chi connectivity index (χ0v) is 26.5. The van der Waals surface area contributed by atoms with Gasteiger partial charge < -0.3 is 33.2 Å². The first-order chi connectivity index (χ1) is 20.3. The summed E-state index contributed by atoms with van der Waals surface area (Å²) >= 11 is 0. The topological polar surface area (TPSA) is 114 Å². The molecule has 1 N–H and O–H groups in total. The summed E-state index contributed by atoms with van der Waals surface area (Å²) in [6.07, 6.45) is 3.36. The van der Waals surface area contributed by atoms with E-state index in [9.17, 15) is 14.7 Å². The molecule has 5 aliphatic rings. The quantitative estimate of drug-likeness (QED) is 0.282. The van der Waals surface area contributed by atoms with Crippen LogP contribution in [0.25, 0.3) is 0 Å². The van der Waals surface area contributed by atoms with E-state index in [1.54, 1.807) is 32.6 Å². The van der Waals surface area contributed by atoms with Gasteiger partial charge in [-0.1, -0.05) is 32.4 Å². The average Bonchev–Trinajstić information content (AvgIpc) is 3.68. The predicted octanol–water partition coefficient (Wildman–Crippen LogP) is 5.08. The minimum atomic E-state index is -0.878. The van der Waals surface area contributed by atoms with Crippen molar-refractivity contribution in [2.75, 3.05) is 13.7 Å². The van der Waals surface area contributed by atoms with E-state index < -0.39 is 58.9 Å². The number of aliphatic hydroxyl groups excluding tert-OH is 1. The van der Waals surface area contributed by atoms with Crippen molar-refractivity contribution in [1.29, 1.82) is 0 Å². The minimum absolute atomic E-state index is 0.0741. The van der Waals surface area contributed by atoms with E-state index in [-0.39, 0.29) is 23.9 Å². The minimum Gasteiger partial charge on any atom is -0.472 e. The van der Waals surface area contributed by atoms with Crippen molar-refractivity contribution in [2.45, 2.75) is 110 Å². The van der Waals surface area contributed by atoms with Crippen molar-refractivity contribution in [3.05, 3.63) is 47.0 Å². The van der Waals surface area contributed by atoms with E-state index in [2.05, 4.69) is 27.7 Å². The lowest BCUT2D eigenvalue weighted by Gasteiger charge is -2.66. The fourth-order valence-corrected chi connectivity index (χ4v) is 10.1.